The second-order valence-electron chi connectivity index (χ2n) is 8.73. The molecule has 0 aliphatic carbocycles. The van der Waals surface area contributed by atoms with Crippen molar-refractivity contribution in [3.8, 4) is 5.75 Å². The summed E-state index contributed by atoms with van der Waals surface area (Å²) < 4.78 is 8.19. The van der Waals surface area contributed by atoms with Crippen molar-refractivity contribution in [2.24, 2.45) is 0 Å². The zero-order valence-corrected chi connectivity index (χ0v) is 20.6. The fourth-order valence-electron chi connectivity index (χ4n) is 4.23. The highest BCUT2D eigenvalue weighted by atomic mass is 35.5. The summed E-state index contributed by atoms with van der Waals surface area (Å²) in [5.74, 6) is 1.69. The number of aromatic nitrogens is 2. The van der Waals surface area contributed by atoms with E-state index in [2.05, 4.69) is 48.0 Å². The third kappa shape index (κ3) is 5.97. The summed E-state index contributed by atoms with van der Waals surface area (Å²) in [5, 5.41) is 3.76. The van der Waals surface area contributed by atoms with E-state index in [9.17, 15) is 4.79 Å². The summed E-state index contributed by atoms with van der Waals surface area (Å²) in [7, 11) is 0. The van der Waals surface area contributed by atoms with E-state index < -0.39 is 0 Å². The van der Waals surface area contributed by atoms with Crippen LogP contribution in [-0.2, 0) is 17.8 Å². The molecule has 4 aromatic rings. The molecule has 1 aromatic heterocycles. The van der Waals surface area contributed by atoms with Crippen molar-refractivity contribution in [2.75, 3.05) is 6.61 Å². The molecule has 1 unspecified atom stereocenters. The first kappa shape index (κ1) is 23.8. The van der Waals surface area contributed by atoms with Crippen LogP contribution in [0.4, 0.5) is 0 Å². The number of aryl methyl sites for hydroxylation is 3. The third-order valence-electron chi connectivity index (χ3n) is 5.72. The molecule has 3 aromatic carbocycles. The van der Waals surface area contributed by atoms with Crippen LogP contribution in [0, 0.1) is 13.8 Å². The summed E-state index contributed by atoms with van der Waals surface area (Å²) in [6.07, 6.45) is 1.12. The van der Waals surface area contributed by atoms with Crippen LogP contribution in [0.5, 0.6) is 5.75 Å². The van der Waals surface area contributed by atoms with Crippen LogP contribution >= 0.6 is 11.6 Å². The molecule has 0 spiro atoms. The Kier molecular flexibility index (Phi) is 7.53. The first-order valence-corrected chi connectivity index (χ1v) is 12.0. The number of hydrogen-bond acceptors (Lipinski definition) is 3. The van der Waals surface area contributed by atoms with Crippen molar-refractivity contribution in [3.63, 3.8) is 0 Å². The molecule has 1 N–H and O–H groups in total. The fourth-order valence-corrected chi connectivity index (χ4v) is 4.36. The molecule has 0 fully saturated rings. The maximum absolute atomic E-state index is 12.7. The maximum Gasteiger partial charge on any atom is 0.224 e. The highest BCUT2D eigenvalue weighted by Gasteiger charge is 2.18. The Morgan fingerprint density at radius 2 is 1.76 bits per heavy atom. The lowest BCUT2D eigenvalue weighted by atomic mass is 10.1. The van der Waals surface area contributed by atoms with Crippen molar-refractivity contribution >= 4 is 28.5 Å². The second kappa shape index (κ2) is 10.7. The number of para-hydroxylation sites is 2. The molecule has 0 aliphatic heterocycles. The standard InChI is InChI=1S/C28H30ClN3O2/c1-19-15-20(2)17-24(16-19)34-14-6-13-32-26-8-5-4-7-25(26)31-28(32)21(3)30-27(33)18-22-9-11-23(29)12-10-22/h4-5,7-12,15-17,21H,6,13-14,18H2,1-3H3,(H,30,33). The molecule has 1 heterocycles. The van der Waals surface area contributed by atoms with Gasteiger partial charge in [-0.15, -0.1) is 0 Å². The van der Waals surface area contributed by atoms with Gasteiger partial charge in [0.25, 0.3) is 0 Å². The number of carbonyl (C=O) groups excluding carboxylic acids is 1. The van der Waals surface area contributed by atoms with E-state index in [1.165, 1.54) is 11.1 Å². The number of nitrogens with zero attached hydrogens (tertiary/aromatic N) is 2. The average molecular weight is 476 g/mol. The lowest BCUT2D eigenvalue weighted by molar-refractivity contribution is -0.121. The highest BCUT2D eigenvalue weighted by Crippen LogP contribution is 2.22. The Labute approximate surface area is 205 Å². The molecule has 0 saturated carbocycles. The summed E-state index contributed by atoms with van der Waals surface area (Å²) in [4.78, 5) is 17.5. The molecule has 0 bridgehead atoms. The number of ether oxygens (including phenoxy) is 1. The summed E-state index contributed by atoms with van der Waals surface area (Å²) in [6, 6.07) is 21.4. The van der Waals surface area contributed by atoms with Gasteiger partial charge in [0.1, 0.15) is 11.6 Å². The number of halogens is 1. The molecule has 6 heteroatoms. The van der Waals surface area contributed by atoms with Gasteiger partial charge in [-0.05, 0) is 80.3 Å². The molecule has 0 aliphatic rings. The lowest BCUT2D eigenvalue weighted by Crippen LogP contribution is -2.30. The molecular weight excluding hydrogens is 446 g/mol. The van der Waals surface area contributed by atoms with Crippen molar-refractivity contribution in [2.45, 2.75) is 46.2 Å². The molecule has 1 amide bonds. The number of fused-ring (bicyclic) bond motifs is 1. The van der Waals surface area contributed by atoms with Gasteiger partial charge in [-0.25, -0.2) is 4.98 Å². The molecule has 176 valence electrons. The van der Waals surface area contributed by atoms with Crippen molar-refractivity contribution in [3.05, 3.63) is 94.3 Å². The quantitative estimate of drug-likeness (QED) is 0.293. The van der Waals surface area contributed by atoms with Gasteiger partial charge in [0.05, 0.1) is 30.1 Å². The SMILES string of the molecule is Cc1cc(C)cc(OCCCn2c(C(C)NC(=O)Cc3ccc(Cl)cc3)nc3ccccc32)c1. The number of rotatable bonds is 9. The normalized spacial score (nSPS) is 12.0. The smallest absolute Gasteiger partial charge is 0.224 e. The second-order valence-corrected chi connectivity index (χ2v) is 9.16. The minimum Gasteiger partial charge on any atom is -0.494 e. The Morgan fingerprint density at radius 3 is 2.50 bits per heavy atom. The van der Waals surface area contributed by atoms with Gasteiger partial charge in [0, 0.05) is 11.6 Å². The van der Waals surface area contributed by atoms with Crippen molar-refractivity contribution < 1.29 is 9.53 Å². The van der Waals surface area contributed by atoms with E-state index in [-0.39, 0.29) is 11.9 Å². The maximum atomic E-state index is 12.7. The Hall–Kier alpha value is -3.31. The molecule has 1 atom stereocenters. The lowest BCUT2D eigenvalue weighted by Gasteiger charge is -2.17. The first-order chi connectivity index (χ1) is 16.4. The fraction of sp³-hybridized carbons (Fsp3) is 0.286. The molecule has 5 nitrogen and oxygen atoms in total. The Balaban J connectivity index is 1.43. The average Bonchev–Trinajstić information content (AvgIpc) is 3.16. The van der Waals surface area contributed by atoms with Crippen LogP contribution in [-0.4, -0.2) is 22.1 Å². The minimum absolute atomic E-state index is 0.0495. The van der Waals surface area contributed by atoms with Crippen LogP contribution in [0.1, 0.15) is 41.9 Å². The van der Waals surface area contributed by atoms with Crippen LogP contribution in [0.2, 0.25) is 5.02 Å². The third-order valence-corrected chi connectivity index (χ3v) is 5.97. The van der Waals surface area contributed by atoms with E-state index >= 15 is 0 Å². The minimum atomic E-state index is -0.229. The molecule has 4 rings (SSSR count). The molecule has 34 heavy (non-hydrogen) atoms. The predicted octanol–water partition coefficient (Wildman–Crippen LogP) is 6.20. The number of hydrogen-bond donors (Lipinski definition) is 1. The van der Waals surface area contributed by atoms with Crippen LogP contribution in [0.15, 0.2) is 66.7 Å². The van der Waals surface area contributed by atoms with E-state index in [0.717, 1.165) is 41.1 Å². The number of benzene rings is 3. The van der Waals surface area contributed by atoms with Crippen molar-refractivity contribution in [1.82, 2.24) is 14.9 Å². The summed E-state index contributed by atoms with van der Waals surface area (Å²) in [5.41, 5.74) is 5.29. The van der Waals surface area contributed by atoms with Gasteiger partial charge < -0.3 is 14.6 Å². The Morgan fingerprint density at radius 1 is 1.06 bits per heavy atom. The zero-order valence-electron chi connectivity index (χ0n) is 19.8. The first-order valence-electron chi connectivity index (χ1n) is 11.6. The zero-order chi connectivity index (χ0) is 24.1. The molecular formula is C28H30ClN3O2. The largest absolute Gasteiger partial charge is 0.494 e. The molecule has 0 saturated heterocycles. The van der Waals surface area contributed by atoms with Crippen LogP contribution in [0.25, 0.3) is 11.0 Å². The van der Waals surface area contributed by atoms with E-state index in [4.69, 9.17) is 21.3 Å². The van der Waals surface area contributed by atoms with Crippen molar-refractivity contribution in [1.29, 1.82) is 0 Å². The monoisotopic (exact) mass is 475 g/mol. The van der Waals surface area contributed by atoms with E-state index in [1.54, 1.807) is 12.1 Å². The number of amides is 1. The number of carbonyl (C=O) groups is 1. The number of nitrogens with one attached hydrogen (secondary N) is 1. The predicted molar refractivity (Wildman–Crippen MR) is 137 cm³/mol. The summed E-state index contributed by atoms with van der Waals surface area (Å²) in [6.45, 7) is 7.48. The topological polar surface area (TPSA) is 56.1 Å². The van der Waals surface area contributed by atoms with Crippen LogP contribution in [0.3, 0.4) is 0 Å². The Bertz CT molecular complexity index is 1260. The van der Waals surface area contributed by atoms with Gasteiger partial charge >= 0.3 is 0 Å². The summed E-state index contributed by atoms with van der Waals surface area (Å²) >= 11 is 5.95. The van der Waals surface area contributed by atoms with E-state index in [1.807, 2.05) is 37.3 Å². The van der Waals surface area contributed by atoms with E-state index in [0.29, 0.717) is 18.1 Å². The van der Waals surface area contributed by atoms with Gasteiger partial charge in [-0.3, -0.25) is 4.79 Å². The molecule has 0 radical (unpaired) electrons. The van der Waals surface area contributed by atoms with Gasteiger partial charge in [0.2, 0.25) is 5.91 Å². The number of imidazole rings is 1. The van der Waals surface area contributed by atoms with Crippen LogP contribution < -0.4 is 10.1 Å². The van der Waals surface area contributed by atoms with Gasteiger partial charge in [-0.2, -0.15) is 0 Å². The highest BCUT2D eigenvalue weighted by molar-refractivity contribution is 6.30. The van der Waals surface area contributed by atoms with Gasteiger partial charge in [0.15, 0.2) is 0 Å². The van der Waals surface area contributed by atoms with Gasteiger partial charge in [-0.1, -0.05) is 41.9 Å².